The molecule has 0 bridgehead atoms. The van der Waals surface area contributed by atoms with Crippen LogP contribution in [-0.4, -0.2) is 25.3 Å². The van der Waals surface area contributed by atoms with Crippen molar-refractivity contribution in [1.82, 2.24) is 4.31 Å². The molecule has 0 unspecified atom stereocenters. The lowest BCUT2D eigenvalue weighted by Crippen LogP contribution is -2.34. The van der Waals surface area contributed by atoms with Gasteiger partial charge in [0.25, 0.3) is 0 Å². The maximum absolute atomic E-state index is 13.7. The third-order valence-corrected chi connectivity index (χ3v) is 5.30. The van der Waals surface area contributed by atoms with Crippen molar-refractivity contribution in [1.29, 1.82) is 0 Å². The zero-order chi connectivity index (χ0) is 14.0. The predicted octanol–water partition coefficient (Wildman–Crippen LogP) is 1.85. The van der Waals surface area contributed by atoms with Crippen molar-refractivity contribution in [3.8, 4) is 0 Å². The van der Waals surface area contributed by atoms with E-state index < -0.39 is 15.8 Å². The third-order valence-electron chi connectivity index (χ3n) is 3.26. The molecule has 0 heterocycles. The van der Waals surface area contributed by atoms with Gasteiger partial charge in [0.05, 0.1) is 4.90 Å². The van der Waals surface area contributed by atoms with Crippen LogP contribution in [0.15, 0.2) is 23.1 Å². The summed E-state index contributed by atoms with van der Waals surface area (Å²) in [6.45, 7) is 2.28. The molecule has 0 atom stereocenters. The molecule has 6 heteroatoms. The lowest BCUT2D eigenvalue weighted by molar-refractivity contribution is 0.402. The molecule has 1 aromatic carbocycles. The number of nitrogens with two attached hydrogens (primary N) is 1. The molecule has 106 valence electrons. The first-order valence-corrected chi connectivity index (χ1v) is 7.95. The maximum Gasteiger partial charge on any atom is 0.243 e. The Balaban J connectivity index is 2.46. The lowest BCUT2D eigenvalue weighted by atomic mass is 10.2. The Kier molecular flexibility index (Phi) is 4.23. The second kappa shape index (κ2) is 5.56. The molecule has 0 aromatic heterocycles. The number of nitrogens with zero attached hydrogens (tertiary/aromatic N) is 1. The van der Waals surface area contributed by atoms with Crippen LogP contribution in [-0.2, 0) is 16.6 Å². The molecule has 0 amide bonds. The van der Waals surface area contributed by atoms with E-state index in [9.17, 15) is 12.8 Å². The minimum atomic E-state index is -3.65. The van der Waals surface area contributed by atoms with Crippen molar-refractivity contribution in [3.05, 3.63) is 29.6 Å². The molecule has 1 aromatic rings. The highest BCUT2D eigenvalue weighted by molar-refractivity contribution is 7.89. The van der Waals surface area contributed by atoms with Crippen LogP contribution in [0.25, 0.3) is 0 Å². The van der Waals surface area contributed by atoms with Crippen LogP contribution in [0.3, 0.4) is 0 Å². The molecule has 1 aliphatic carbocycles. The highest BCUT2D eigenvalue weighted by Crippen LogP contribution is 2.33. The number of hydrogen-bond donors (Lipinski definition) is 1. The lowest BCUT2D eigenvalue weighted by Gasteiger charge is -2.22. The van der Waals surface area contributed by atoms with E-state index in [-0.39, 0.29) is 23.0 Å². The van der Waals surface area contributed by atoms with E-state index >= 15 is 0 Å². The standard InChI is InChI=1S/C13H19FN2O2S/c1-2-8-16(10-6-7-10)19(17,18)13-5-3-4-12(14)11(13)9-15/h3-5,10H,2,6-9,15H2,1H3. The van der Waals surface area contributed by atoms with Gasteiger partial charge in [-0.3, -0.25) is 0 Å². The van der Waals surface area contributed by atoms with Crippen LogP contribution in [0.2, 0.25) is 0 Å². The van der Waals surface area contributed by atoms with E-state index in [1.807, 2.05) is 6.92 Å². The number of rotatable bonds is 6. The van der Waals surface area contributed by atoms with Gasteiger partial charge < -0.3 is 5.73 Å². The van der Waals surface area contributed by atoms with Gasteiger partial charge >= 0.3 is 0 Å². The molecular formula is C13H19FN2O2S. The summed E-state index contributed by atoms with van der Waals surface area (Å²) in [5, 5.41) is 0. The Bertz CT molecular complexity index is 556. The Morgan fingerprint density at radius 2 is 2.11 bits per heavy atom. The average Bonchev–Trinajstić information content (AvgIpc) is 3.19. The molecule has 0 aliphatic heterocycles. The Hall–Kier alpha value is -0.980. The van der Waals surface area contributed by atoms with Crippen molar-refractivity contribution >= 4 is 10.0 Å². The molecule has 0 saturated heterocycles. The zero-order valence-electron chi connectivity index (χ0n) is 11.0. The van der Waals surface area contributed by atoms with Crippen molar-refractivity contribution in [2.24, 2.45) is 5.73 Å². The van der Waals surface area contributed by atoms with Crippen molar-refractivity contribution in [2.75, 3.05) is 6.54 Å². The molecule has 1 aliphatic rings. The fourth-order valence-corrected chi connectivity index (χ4v) is 4.21. The summed E-state index contributed by atoms with van der Waals surface area (Å²) < 4.78 is 40.4. The average molecular weight is 286 g/mol. The summed E-state index contributed by atoms with van der Waals surface area (Å²) in [5.41, 5.74) is 5.56. The molecular weight excluding hydrogens is 267 g/mol. The largest absolute Gasteiger partial charge is 0.326 e. The Morgan fingerprint density at radius 1 is 1.42 bits per heavy atom. The van der Waals surface area contributed by atoms with E-state index in [1.54, 1.807) is 0 Å². The molecule has 0 radical (unpaired) electrons. The Labute approximate surface area is 113 Å². The van der Waals surface area contributed by atoms with Crippen LogP contribution < -0.4 is 5.73 Å². The quantitative estimate of drug-likeness (QED) is 0.868. The summed E-state index contributed by atoms with van der Waals surface area (Å²) in [6.07, 6.45) is 2.50. The predicted molar refractivity (Wildman–Crippen MR) is 71.5 cm³/mol. The summed E-state index contributed by atoms with van der Waals surface area (Å²) in [6, 6.07) is 4.16. The first-order chi connectivity index (χ1) is 9.02. The van der Waals surface area contributed by atoms with E-state index in [2.05, 4.69) is 0 Å². The Morgan fingerprint density at radius 3 is 2.63 bits per heavy atom. The fraction of sp³-hybridized carbons (Fsp3) is 0.538. The minimum absolute atomic E-state index is 0.00958. The second-order valence-electron chi connectivity index (χ2n) is 4.77. The molecule has 2 rings (SSSR count). The van der Waals surface area contributed by atoms with Gasteiger partial charge in [-0.25, -0.2) is 12.8 Å². The number of hydrogen-bond acceptors (Lipinski definition) is 3. The van der Waals surface area contributed by atoms with Crippen molar-refractivity contribution < 1.29 is 12.8 Å². The highest BCUT2D eigenvalue weighted by atomic mass is 32.2. The second-order valence-corrected chi connectivity index (χ2v) is 6.63. The number of sulfonamides is 1. The highest BCUT2D eigenvalue weighted by Gasteiger charge is 2.38. The normalized spacial score (nSPS) is 16.0. The molecule has 0 spiro atoms. The van der Waals surface area contributed by atoms with Crippen LogP contribution in [0, 0.1) is 5.82 Å². The fourth-order valence-electron chi connectivity index (χ4n) is 2.19. The minimum Gasteiger partial charge on any atom is -0.326 e. The first kappa shape index (κ1) is 14.4. The summed E-state index contributed by atoms with van der Waals surface area (Å²) in [4.78, 5) is 0.00958. The van der Waals surface area contributed by atoms with Gasteiger partial charge in [0.1, 0.15) is 5.82 Å². The zero-order valence-corrected chi connectivity index (χ0v) is 11.8. The van der Waals surface area contributed by atoms with Crippen LogP contribution in [0.5, 0.6) is 0 Å². The van der Waals surface area contributed by atoms with E-state index in [1.165, 1.54) is 22.5 Å². The van der Waals surface area contributed by atoms with Gasteiger partial charge in [-0.1, -0.05) is 13.0 Å². The maximum atomic E-state index is 13.7. The summed E-state index contributed by atoms with van der Waals surface area (Å²) in [5.74, 6) is -0.559. The smallest absolute Gasteiger partial charge is 0.243 e. The van der Waals surface area contributed by atoms with Gasteiger partial charge in [0.15, 0.2) is 0 Å². The molecule has 2 N–H and O–H groups in total. The van der Waals surface area contributed by atoms with E-state index in [0.29, 0.717) is 6.54 Å². The molecule has 1 saturated carbocycles. The SMILES string of the molecule is CCCN(C1CC1)S(=O)(=O)c1cccc(F)c1CN. The number of halogens is 1. The van der Waals surface area contributed by atoms with E-state index in [4.69, 9.17) is 5.73 Å². The summed E-state index contributed by atoms with van der Waals surface area (Å²) >= 11 is 0. The number of benzene rings is 1. The summed E-state index contributed by atoms with van der Waals surface area (Å²) in [7, 11) is -3.65. The first-order valence-electron chi connectivity index (χ1n) is 6.51. The van der Waals surface area contributed by atoms with Gasteiger partial charge in [0, 0.05) is 24.7 Å². The molecule has 19 heavy (non-hydrogen) atoms. The molecule has 1 fully saturated rings. The van der Waals surface area contributed by atoms with Crippen molar-refractivity contribution in [2.45, 2.75) is 43.7 Å². The topological polar surface area (TPSA) is 63.4 Å². The van der Waals surface area contributed by atoms with Gasteiger partial charge in [-0.2, -0.15) is 4.31 Å². The van der Waals surface area contributed by atoms with E-state index in [0.717, 1.165) is 19.3 Å². The van der Waals surface area contributed by atoms with Gasteiger partial charge in [-0.05, 0) is 31.4 Å². The van der Waals surface area contributed by atoms with Gasteiger partial charge in [0.2, 0.25) is 10.0 Å². The van der Waals surface area contributed by atoms with Crippen LogP contribution >= 0.6 is 0 Å². The monoisotopic (exact) mass is 286 g/mol. The van der Waals surface area contributed by atoms with Crippen LogP contribution in [0.1, 0.15) is 31.7 Å². The molecule has 4 nitrogen and oxygen atoms in total. The van der Waals surface area contributed by atoms with Crippen LogP contribution in [0.4, 0.5) is 4.39 Å². The van der Waals surface area contributed by atoms with Gasteiger partial charge in [-0.15, -0.1) is 0 Å². The third kappa shape index (κ3) is 2.80. The van der Waals surface area contributed by atoms with Crippen molar-refractivity contribution in [3.63, 3.8) is 0 Å².